The van der Waals surface area contributed by atoms with Crippen LogP contribution in [-0.2, 0) is 0 Å². The molecule has 2 aromatic rings. The predicted octanol–water partition coefficient (Wildman–Crippen LogP) is 3.96. The fraction of sp³-hybridized carbons (Fsp3) is 0. The number of halogens is 5. The third kappa shape index (κ3) is 3.04. The summed E-state index contributed by atoms with van der Waals surface area (Å²) in [5.74, 6) is -1.77. The molecule has 0 saturated heterocycles. The van der Waals surface area contributed by atoms with Gasteiger partial charge in [-0.2, -0.15) is 15.0 Å². The van der Waals surface area contributed by atoms with E-state index in [2.05, 4.69) is 36.2 Å². The minimum atomic E-state index is -0.811. The molecule has 4 nitrogen and oxygen atoms in total. The normalized spacial score (nSPS) is 10.5. The van der Waals surface area contributed by atoms with E-state index in [4.69, 9.17) is 23.2 Å². The van der Waals surface area contributed by atoms with Gasteiger partial charge in [-0.25, -0.2) is 8.78 Å². The number of nitrogens with one attached hydrogen (secondary N) is 1. The quantitative estimate of drug-likeness (QED) is 0.885. The summed E-state index contributed by atoms with van der Waals surface area (Å²) in [6.07, 6.45) is 0. The van der Waals surface area contributed by atoms with Crippen LogP contribution in [0.1, 0.15) is 0 Å². The summed E-state index contributed by atoms with van der Waals surface area (Å²) in [6.45, 7) is 0. The largest absolute Gasteiger partial charge is 0.319 e. The number of aromatic nitrogens is 3. The standard InChI is InChI=1S/C9H3BrCl2F2N4/c10-3-1-4(13)6(5(14)2-3)15-9-17-7(11)16-8(12)18-9/h1-2H,(H,15,16,17,18). The molecule has 0 aliphatic heterocycles. The molecule has 9 heteroatoms. The third-order valence-corrected chi connectivity index (χ3v) is 2.62. The van der Waals surface area contributed by atoms with Crippen LogP contribution in [-0.4, -0.2) is 15.0 Å². The zero-order valence-electron chi connectivity index (χ0n) is 8.39. The van der Waals surface area contributed by atoms with Crippen molar-refractivity contribution >= 4 is 50.8 Å². The summed E-state index contributed by atoms with van der Waals surface area (Å²) >= 11 is 14.0. The highest BCUT2D eigenvalue weighted by atomic mass is 79.9. The Labute approximate surface area is 119 Å². The van der Waals surface area contributed by atoms with Gasteiger partial charge in [-0.3, -0.25) is 0 Å². The topological polar surface area (TPSA) is 50.7 Å². The Morgan fingerprint density at radius 1 is 1.00 bits per heavy atom. The SMILES string of the molecule is Fc1cc(Br)cc(F)c1Nc1nc(Cl)nc(Cl)n1. The molecule has 1 aromatic heterocycles. The molecule has 94 valence electrons. The van der Waals surface area contributed by atoms with Crippen LogP contribution in [0.2, 0.25) is 10.6 Å². The van der Waals surface area contributed by atoms with Gasteiger partial charge in [0, 0.05) is 4.47 Å². The lowest BCUT2D eigenvalue weighted by Crippen LogP contribution is -2.03. The highest BCUT2D eigenvalue weighted by Crippen LogP contribution is 2.26. The van der Waals surface area contributed by atoms with Gasteiger partial charge in [0.15, 0.2) is 11.6 Å². The van der Waals surface area contributed by atoms with Crippen molar-refractivity contribution in [2.75, 3.05) is 5.32 Å². The van der Waals surface area contributed by atoms with Crippen molar-refractivity contribution in [3.05, 3.63) is 38.8 Å². The van der Waals surface area contributed by atoms with E-state index < -0.39 is 17.3 Å². The minimum absolute atomic E-state index is 0.153. The Balaban J connectivity index is 2.40. The number of rotatable bonds is 2. The summed E-state index contributed by atoms with van der Waals surface area (Å²) in [5.41, 5.74) is -0.406. The first-order valence-corrected chi connectivity index (χ1v) is 5.99. The van der Waals surface area contributed by atoms with Gasteiger partial charge < -0.3 is 5.32 Å². The predicted molar refractivity (Wildman–Crippen MR) is 67.2 cm³/mol. The van der Waals surface area contributed by atoms with Crippen molar-refractivity contribution in [1.82, 2.24) is 15.0 Å². The van der Waals surface area contributed by atoms with E-state index in [1.165, 1.54) is 0 Å². The molecule has 0 saturated carbocycles. The Morgan fingerprint density at radius 3 is 2.00 bits per heavy atom. The van der Waals surface area contributed by atoms with Crippen LogP contribution >= 0.6 is 39.1 Å². The second-order valence-corrected chi connectivity index (χ2v) is 4.66. The van der Waals surface area contributed by atoms with Crippen LogP contribution in [0.15, 0.2) is 16.6 Å². The van der Waals surface area contributed by atoms with Gasteiger partial charge in [-0.1, -0.05) is 15.9 Å². The van der Waals surface area contributed by atoms with Crippen molar-refractivity contribution in [2.45, 2.75) is 0 Å². The smallest absolute Gasteiger partial charge is 0.232 e. The molecule has 0 fully saturated rings. The van der Waals surface area contributed by atoms with Gasteiger partial charge >= 0.3 is 0 Å². The molecule has 2 rings (SSSR count). The molecule has 1 N–H and O–H groups in total. The number of hydrogen-bond donors (Lipinski definition) is 1. The third-order valence-electron chi connectivity index (χ3n) is 1.82. The highest BCUT2D eigenvalue weighted by Gasteiger charge is 2.13. The molecule has 0 radical (unpaired) electrons. The van der Waals surface area contributed by atoms with E-state index in [0.717, 1.165) is 12.1 Å². The van der Waals surface area contributed by atoms with Gasteiger partial charge in [-0.05, 0) is 35.3 Å². The molecule has 0 amide bonds. The highest BCUT2D eigenvalue weighted by molar-refractivity contribution is 9.10. The lowest BCUT2D eigenvalue weighted by atomic mass is 10.3. The monoisotopic (exact) mass is 354 g/mol. The molecule has 0 bridgehead atoms. The summed E-state index contributed by atoms with van der Waals surface area (Å²) in [7, 11) is 0. The summed E-state index contributed by atoms with van der Waals surface area (Å²) < 4.78 is 27.3. The number of benzene rings is 1. The average molecular weight is 356 g/mol. The first-order chi connectivity index (χ1) is 8.45. The van der Waals surface area contributed by atoms with Crippen molar-refractivity contribution in [1.29, 1.82) is 0 Å². The van der Waals surface area contributed by atoms with Crippen molar-refractivity contribution in [3.63, 3.8) is 0 Å². The van der Waals surface area contributed by atoms with Crippen LogP contribution in [0.3, 0.4) is 0 Å². The van der Waals surface area contributed by atoms with Gasteiger partial charge in [0.25, 0.3) is 0 Å². The fourth-order valence-corrected chi connectivity index (χ4v) is 1.92. The summed E-state index contributed by atoms with van der Waals surface area (Å²) in [4.78, 5) is 10.8. The molecule has 18 heavy (non-hydrogen) atoms. The van der Waals surface area contributed by atoms with Gasteiger partial charge in [0.05, 0.1) is 0 Å². The van der Waals surface area contributed by atoms with Gasteiger partial charge in [0.2, 0.25) is 16.5 Å². The summed E-state index contributed by atoms with van der Waals surface area (Å²) in [5, 5.41) is 1.98. The van der Waals surface area contributed by atoms with Gasteiger partial charge in [0.1, 0.15) is 5.69 Å². The zero-order valence-corrected chi connectivity index (χ0v) is 11.5. The van der Waals surface area contributed by atoms with Crippen LogP contribution in [0.5, 0.6) is 0 Å². The van der Waals surface area contributed by atoms with Crippen molar-refractivity contribution in [2.24, 2.45) is 0 Å². The first-order valence-electron chi connectivity index (χ1n) is 4.44. The van der Waals surface area contributed by atoms with E-state index in [-0.39, 0.29) is 21.0 Å². The Kier molecular flexibility index (Phi) is 3.94. The molecular weight excluding hydrogens is 353 g/mol. The maximum Gasteiger partial charge on any atom is 0.232 e. The van der Waals surface area contributed by atoms with E-state index >= 15 is 0 Å². The number of hydrogen-bond acceptors (Lipinski definition) is 4. The maximum absolute atomic E-state index is 13.5. The maximum atomic E-state index is 13.5. The Bertz CT molecular complexity index is 568. The molecule has 0 atom stereocenters. The van der Waals surface area contributed by atoms with Gasteiger partial charge in [-0.15, -0.1) is 0 Å². The number of nitrogens with zero attached hydrogens (tertiary/aromatic N) is 3. The first kappa shape index (κ1) is 13.4. The van der Waals surface area contributed by atoms with E-state index in [1.807, 2.05) is 0 Å². The lowest BCUT2D eigenvalue weighted by Gasteiger charge is -2.07. The van der Waals surface area contributed by atoms with Crippen LogP contribution in [0, 0.1) is 11.6 Å². The van der Waals surface area contributed by atoms with E-state index in [0.29, 0.717) is 0 Å². The van der Waals surface area contributed by atoms with E-state index in [9.17, 15) is 8.78 Å². The Hall–Kier alpha value is -1.05. The molecule has 0 aliphatic carbocycles. The van der Waals surface area contributed by atoms with Crippen LogP contribution in [0.25, 0.3) is 0 Å². The van der Waals surface area contributed by atoms with Crippen LogP contribution < -0.4 is 5.32 Å². The molecule has 0 spiro atoms. The van der Waals surface area contributed by atoms with E-state index in [1.54, 1.807) is 0 Å². The van der Waals surface area contributed by atoms with Crippen molar-refractivity contribution in [3.8, 4) is 0 Å². The van der Waals surface area contributed by atoms with Crippen LogP contribution in [0.4, 0.5) is 20.4 Å². The molecular formula is C9H3BrCl2F2N4. The summed E-state index contributed by atoms with van der Waals surface area (Å²) in [6, 6.07) is 2.19. The Morgan fingerprint density at radius 2 is 1.50 bits per heavy atom. The molecule has 0 unspecified atom stereocenters. The number of anilines is 2. The second kappa shape index (κ2) is 5.29. The van der Waals surface area contributed by atoms with Crippen molar-refractivity contribution < 1.29 is 8.78 Å². The molecule has 1 aromatic carbocycles. The second-order valence-electron chi connectivity index (χ2n) is 3.07. The minimum Gasteiger partial charge on any atom is -0.319 e. The average Bonchev–Trinajstić information content (AvgIpc) is 2.22. The zero-order chi connectivity index (χ0) is 13.3. The molecule has 1 heterocycles. The fourth-order valence-electron chi connectivity index (χ4n) is 1.16. The molecule has 0 aliphatic rings. The lowest BCUT2D eigenvalue weighted by molar-refractivity contribution is 0.589.